The number of rotatable bonds is 2. The first-order valence-corrected chi connectivity index (χ1v) is 5.01. The standard InChI is InChI=1S/C11H16N2O/c1-8(2)9-7-14-11(12-9)10-5-4-6-13(10)3/h4-6,8-9H,7H2,1-3H3/t9-/m0/s1. The minimum Gasteiger partial charge on any atom is -0.474 e. The molecule has 0 spiro atoms. The zero-order chi connectivity index (χ0) is 10.1. The van der Waals surface area contributed by atoms with E-state index in [4.69, 9.17) is 4.74 Å². The van der Waals surface area contributed by atoms with Gasteiger partial charge < -0.3 is 9.30 Å². The van der Waals surface area contributed by atoms with Crippen LogP contribution in [0.5, 0.6) is 0 Å². The van der Waals surface area contributed by atoms with E-state index in [1.165, 1.54) is 0 Å². The molecular weight excluding hydrogens is 176 g/mol. The Kier molecular flexibility index (Phi) is 2.32. The lowest BCUT2D eigenvalue weighted by Gasteiger charge is -2.06. The maximum atomic E-state index is 5.58. The second-order valence-electron chi connectivity index (χ2n) is 4.06. The Balaban J connectivity index is 2.22. The van der Waals surface area contributed by atoms with E-state index in [0.717, 1.165) is 18.2 Å². The molecule has 0 fully saturated rings. The maximum Gasteiger partial charge on any atom is 0.233 e. The largest absolute Gasteiger partial charge is 0.474 e. The van der Waals surface area contributed by atoms with Gasteiger partial charge in [0, 0.05) is 13.2 Å². The Labute approximate surface area is 84.4 Å². The second kappa shape index (κ2) is 3.48. The summed E-state index contributed by atoms with van der Waals surface area (Å²) in [6.07, 6.45) is 2.00. The van der Waals surface area contributed by atoms with Gasteiger partial charge in [-0.2, -0.15) is 0 Å². The first kappa shape index (κ1) is 9.31. The van der Waals surface area contributed by atoms with Crippen molar-refractivity contribution in [3.05, 3.63) is 24.0 Å². The molecule has 14 heavy (non-hydrogen) atoms. The van der Waals surface area contributed by atoms with Gasteiger partial charge in [0.15, 0.2) is 0 Å². The Hall–Kier alpha value is -1.25. The molecule has 1 aliphatic heterocycles. The highest BCUT2D eigenvalue weighted by Crippen LogP contribution is 2.17. The van der Waals surface area contributed by atoms with E-state index in [-0.39, 0.29) is 0 Å². The predicted molar refractivity (Wildman–Crippen MR) is 56.5 cm³/mol. The summed E-state index contributed by atoms with van der Waals surface area (Å²) in [7, 11) is 2.00. The van der Waals surface area contributed by atoms with E-state index in [0.29, 0.717) is 12.0 Å². The Morgan fingerprint density at radius 2 is 2.36 bits per heavy atom. The summed E-state index contributed by atoms with van der Waals surface area (Å²) >= 11 is 0. The predicted octanol–water partition coefficient (Wildman–Crippen LogP) is 1.83. The van der Waals surface area contributed by atoms with Crippen LogP contribution in [0.15, 0.2) is 23.3 Å². The fraction of sp³-hybridized carbons (Fsp3) is 0.545. The van der Waals surface area contributed by atoms with E-state index in [9.17, 15) is 0 Å². The molecule has 3 heteroatoms. The first-order valence-electron chi connectivity index (χ1n) is 5.01. The van der Waals surface area contributed by atoms with Crippen molar-refractivity contribution in [1.82, 2.24) is 4.57 Å². The molecule has 1 aliphatic rings. The highest BCUT2D eigenvalue weighted by atomic mass is 16.5. The minimum atomic E-state index is 0.319. The van der Waals surface area contributed by atoms with Crippen molar-refractivity contribution < 1.29 is 4.74 Å². The minimum absolute atomic E-state index is 0.319. The van der Waals surface area contributed by atoms with Gasteiger partial charge in [-0.1, -0.05) is 13.8 Å². The van der Waals surface area contributed by atoms with Gasteiger partial charge in [-0.15, -0.1) is 0 Å². The van der Waals surface area contributed by atoms with Crippen LogP contribution in [0, 0.1) is 5.92 Å². The monoisotopic (exact) mass is 192 g/mol. The Bertz CT molecular complexity index is 352. The topological polar surface area (TPSA) is 26.5 Å². The second-order valence-corrected chi connectivity index (χ2v) is 4.06. The molecule has 2 rings (SSSR count). The van der Waals surface area contributed by atoms with Crippen LogP contribution >= 0.6 is 0 Å². The van der Waals surface area contributed by atoms with Gasteiger partial charge in [0.25, 0.3) is 0 Å². The quantitative estimate of drug-likeness (QED) is 0.702. The average Bonchev–Trinajstić information content (AvgIpc) is 2.71. The molecule has 0 amide bonds. The number of nitrogens with zero attached hydrogens (tertiary/aromatic N) is 2. The smallest absolute Gasteiger partial charge is 0.233 e. The van der Waals surface area contributed by atoms with Crippen LogP contribution in [0.1, 0.15) is 19.5 Å². The number of aromatic nitrogens is 1. The highest BCUT2D eigenvalue weighted by molar-refractivity contribution is 5.93. The number of hydrogen-bond acceptors (Lipinski definition) is 2. The van der Waals surface area contributed by atoms with Gasteiger partial charge in [-0.3, -0.25) is 0 Å². The first-order chi connectivity index (χ1) is 6.68. The van der Waals surface area contributed by atoms with E-state index < -0.39 is 0 Å². The SMILES string of the molecule is CC(C)[C@@H]1COC(c2cccn2C)=N1. The zero-order valence-electron chi connectivity index (χ0n) is 8.90. The number of aryl methyl sites for hydroxylation is 1. The molecule has 0 bridgehead atoms. The summed E-state index contributed by atoms with van der Waals surface area (Å²) in [5.41, 5.74) is 1.06. The van der Waals surface area contributed by atoms with Crippen LogP contribution < -0.4 is 0 Å². The molecule has 0 radical (unpaired) electrons. The lowest BCUT2D eigenvalue weighted by Crippen LogP contribution is -2.13. The summed E-state index contributed by atoms with van der Waals surface area (Å²) in [6, 6.07) is 4.35. The highest BCUT2D eigenvalue weighted by Gasteiger charge is 2.23. The van der Waals surface area contributed by atoms with E-state index >= 15 is 0 Å². The van der Waals surface area contributed by atoms with Crippen LogP contribution in [0.3, 0.4) is 0 Å². The number of aliphatic imine (C=N–C) groups is 1. The van der Waals surface area contributed by atoms with E-state index in [1.54, 1.807) is 0 Å². The molecule has 0 aromatic carbocycles. The van der Waals surface area contributed by atoms with Crippen LogP contribution in [0.4, 0.5) is 0 Å². The van der Waals surface area contributed by atoms with Gasteiger partial charge >= 0.3 is 0 Å². The van der Waals surface area contributed by atoms with Crippen molar-refractivity contribution >= 4 is 5.90 Å². The third-order valence-electron chi connectivity index (χ3n) is 2.61. The summed E-state index contributed by atoms with van der Waals surface area (Å²) in [6.45, 7) is 5.06. The van der Waals surface area contributed by atoms with Gasteiger partial charge in [0.1, 0.15) is 12.3 Å². The van der Waals surface area contributed by atoms with Crippen LogP contribution in [0.25, 0.3) is 0 Å². The van der Waals surface area contributed by atoms with Crippen molar-refractivity contribution in [2.75, 3.05) is 6.61 Å². The molecule has 0 unspecified atom stereocenters. The molecular formula is C11H16N2O. The molecule has 76 valence electrons. The molecule has 0 saturated carbocycles. The third kappa shape index (κ3) is 1.54. The van der Waals surface area contributed by atoms with Crippen LogP contribution in [-0.4, -0.2) is 23.1 Å². The molecule has 0 saturated heterocycles. The molecule has 1 aromatic rings. The van der Waals surface area contributed by atoms with Crippen molar-refractivity contribution in [3.8, 4) is 0 Å². The van der Waals surface area contributed by atoms with Crippen molar-refractivity contribution in [3.63, 3.8) is 0 Å². The van der Waals surface area contributed by atoms with Crippen LogP contribution in [-0.2, 0) is 11.8 Å². The maximum absolute atomic E-state index is 5.58. The van der Waals surface area contributed by atoms with Gasteiger partial charge in [-0.25, -0.2) is 4.99 Å². The molecule has 0 aliphatic carbocycles. The molecule has 0 N–H and O–H groups in total. The fourth-order valence-corrected chi connectivity index (χ4v) is 1.55. The lowest BCUT2D eigenvalue weighted by atomic mass is 10.1. The fourth-order valence-electron chi connectivity index (χ4n) is 1.55. The Morgan fingerprint density at radius 1 is 1.57 bits per heavy atom. The summed E-state index contributed by atoms with van der Waals surface area (Å²) in [5, 5.41) is 0. The molecule has 1 atom stereocenters. The number of ether oxygens (including phenoxy) is 1. The zero-order valence-corrected chi connectivity index (χ0v) is 8.90. The van der Waals surface area contributed by atoms with Crippen molar-refractivity contribution in [2.45, 2.75) is 19.9 Å². The van der Waals surface area contributed by atoms with Gasteiger partial charge in [0.05, 0.1) is 6.04 Å². The average molecular weight is 192 g/mol. The molecule has 3 nitrogen and oxygen atoms in total. The van der Waals surface area contributed by atoms with Crippen LogP contribution in [0.2, 0.25) is 0 Å². The van der Waals surface area contributed by atoms with Crippen molar-refractivity contribution in [2.24, 2.45) is 18.0 Å². The Morgan fingerprint density at radius 3 is 2.86 bits per heavy atom. The summed E-state index contributed by atoms with van der Waals surface area (Å²) in [4.78, 5) is 4.56. The lowest BCUT2D eigenvalue weighted by molar-refractivity contribution is 0.291. The molecule has 2 heterocycles. The van der Waals surface area contributed by atoms with E-state index in [2.05, 4.69) is 18.8 Å². The van der Waals surface area contributed by atoms with Crippen molar-refractivity contribution in [1.29, 1.82) is 0 Å². The summed E-state index contributed by atoms with van der Waals surface area (Å²) < 4.78 is 7.61. The normalized spacial score (nSPS) is 21.1. The van der Waals surface area contributed by atoms with Gasteiger partial charge in [0.2, 0.25) is 5.90 Å². The number of hydrogen-bond donors (Lipinski definition) is 0. The van der Waals surface area contributed by atoms with Gasteiger partial charge in [-0.05, 0) is 18.1 Å². The summed E-state index contributed by atoms with van der Waals surface area (Å²) in [5.74, 6) is 1.34. The third-order valence-corrected chi connectivity index (χ3v) is 2.61. The van der Waals surface area contributed by atoms with E-state index in [1.807, 2.05) is 29.9 Å². The molecule has 1 aromatic heterocycles.